The molecule has 0 aliphatic carbocycles. The molecule has 2 aromatic rings. The molecule has 1 fully saturated rings. The number of hydrogen-bond donors (Lipinski definition) is 5. The van der Waals surface area contributed by atoms with Crippen molar-refractivity contribution in [2.45, 2.75) is 82.8 Å². The molecule has 2 unspecified atom stereocenters. The highest BCUT2D eigenvalue weighted by Crippen LogP contribution is 2.31. The number of carbonyl (C=O) groups excluding carboxylic acids is 4. The number of nitrogens with zero attached hydrogens (tertiary/aromatic N) is 1. The first-order chi connectivity index (χ1) is 19.9. The molecule has 1 aliphatic heterocycles. The van der Waals surface area contributed by atoms with Gasteiger partial charge in [0.2, 0.25) is 23.6 Å². The van der Waals surface area contributed by atoms with Gasteiger partial charge in [0.15, 0.2) is 0 Å². The van der Waals surface area contributed by atoms with Crippen LogP contribution in [0, 0.1) is 0 Å². The van der Waals surface area contributed by atoms with Gasteiger partial charge in [-0.25, -0.2) is 0 Å². The number of phenolic OH excluding ortho intramolecular Hbond substituents is 1. The van der Waals surface area contributed by atoms with Gasteiger partial charge in [-0.15, -0.1) is 0 Å². The normalized spacial score (nSPS) is 20.0. The molecule has 0 radical (unpaired) electrons. The van der Waals surface area contributed by atoms with Crippen molar-refractivity contribution in [1.29, 1.82) is 0 Å². The van der Waals surface area contributed by atoms with Crippen molar-refractivity contribution >= 4 is 23.6 Å². The summed E-state index contributed by atoms with van der Waals surface area (Å²) in [6.07, 6.45) is 2.15. The van der Waals surface area contributed by atoms with Gasteiger partial charge in [0.1, 0.15) is 17.8 Å². The van der Waals surface area contributed by atoms with Crippen LogP contribution in [0.1, 0.15) is 63.1 Å². The van der Waals surface area contributed by atoms with E-state index in [9.17, 15) is 24.3 Å². The molecule has 228 valence electrons. The summed E-state index contributed by atoms with van der Waals surface area (Å²) in [6.45, 7) is 6.49. The number of amides is 4. The van der Waals surface area contributed by atoms with Crippen LogP contribution in [-0.4, -0.2) is 71.9 Å². The lowest BCUT2D eigenvalue weighted by Gasteiger charge is -2.31. The molecule has 4 amide bonds. The van der Waals surface area contributed by atoms with E-state index >= 15 is 0 Å². The third kappa shape index (κ3) is 9.30. The topological polar surface area (TPSA) is 154 Å². The summed E-state index contributed by atoms with van der Waals surface area (Å²) in [5.74, 6) is -1.27. The Hall–Kier alpha value is -3.92. The Kier molecular flexibility index (Phi) is 11.5. The SMILES string of the molecule is CN(C(=O)[C@@H](N)Cc1ccccc1)C1CCCCNC(=O)CCNC(=O)C(Cc2ccc(O)c(C(C)(C)C)c2)NC1=O. The monoisotopic (exact) mass is 579 g/mol. The van der Waals surface area contributed by atoms with Crippen LogP contribution in [0.2, 0.25) is 0 Å². The standard InChI is InChI=1S/C32H45N5O5/c1-32(2,3)23-18-22(13-14-27(23)38)20-25-29(40)35-17-15-28(39)34-16-9-8-12-26(30(41)36-25)37(4)31(42)24(33)19-21-10-6-5-7-11-21/h5-7,10-11,13-14,18,24-26,38H,8-9,12,15-17,19-20,33H2,1-4H3,(H,34,39)(H,35,40)(H,36,41)/t24-,25?,26?/m0/s1. The van der Waals surface area contributed by atoms with E-state index in [-0.39, 0.29) is 42.4 Å². The second kappa shape index (κ2) is 14.8. The molecule has 1 saturated heterocycles. The quantitative estimate of drug-likeness (QED) is 0.352. The second-order valence-electron chi connectivity index (χ2n) is 12.0. The number of benzene rings is 2. The minimum Gasteiger partial charge on any atom is -0.508 e. The van der Waals surface area contributed by atoms with E-state index in [0.29, 0.717) is 32.2 Å². The van der Waals surface area contributed by atoms with Gasteiger partial charge in [-0.05, 0) is 53.9 Å². The van der Waals surface area contributed by atoms with E-state index in [1.54, 1.807) is 19.2 Å². The van der Waals surface area contributed by atoms with Crippen LogP contribution >= 0.6 is 0 Å². The highest BCUT2D eigenvalue weighted by Gasteiger charge is 2.32. The van der Waals surface area contributed by atoms with Crippen LogP contribution < -0.4 is 21.7 Å². The summed E-state index contributed by atoms with van der Waals surface area (Å²) < 4.78 is 0. The van der Waals surface area contributed by atoms with Crippen LogP contribution in [-0.2, 0) is 37.4 Å². The summed E-state index contributed by atoms with van der Waals surface area (Å²) in [5, 5.41) is 18.9. The van der Waals surface area contributed by atoms with Crippen molar-refractivity contribution in [3.63, 3.8) is 0 Å². The Bertz CT molecular complexity index is 1240. The van der Waals surface area contributed by atoms with Gasteiger partial charge >= 0.3 is 0 Å². The third-order valence-corrected chi connectivity index (χ3v) is 7.55. The van der Waals surface area contributed by atoms with Gasteiger partial charge in [0, 0.05) is 33.0 Å². The van der Waals surface area contributed by atoms with Gasteiger partial charge in [0.25, 0.3) is 0 Å². The fourth-order valence-electron chi connectivity index (χ4n) is 5.10. The molecule has 1 heterocycles. The lowest BCUT2D eigenvalue weighted by Crippen LogP contribution is -2.57. The smallest absolute Gasteiger partial charge is 0.243 e. The molecular weight excluding hydrogens is 534 g/mol. The van der Waals surface area contributed by atoms with Crippen molar-refractivity contribution in [1.82, 2.24) is 20.9 Å². The molecule has 0 aromatic heterocycles. The minimum atomic E-state index is -0.968. The number of phenols is 1. The van der Waals surface area contributed by atoms with E-state index < -0.39 is 29.9 Å². The first kappa shape index (κ1) is 32.6. The Morgan fingerprint density at radius 3 is 2.40 bits per heavy atom. The Morgan fingerprint density at radius 1 is 1.00 bits per heavy atom. The summed E-state index contributed by atoms with van der Waals surface area (Å²) >= 11 is 0. The lowest BCUT2D eigenvalue weighted by atomic mass is 9.84. The fraction of sp³-hybridized carbons (Fsp3) is 0.500. The number of rotatable bonds is 6. The van der Waals surface area contributed by atoms with Gasteiger partial charge in [0.05, 0.1) is 6.04 Å². The van der Waals surface area contributed by atoms with E-state index in [2.05, 4.69) is 16.0 Å². The van der Waals surface area contributed by atoms with Crippen molar-refractivity contribution in [2.75, 3.05) is 20.1 Å². The molecule has 1 aliphatic rings. The summed E-state index contributed by atoms with van der Waals surface area (Å²) in [5.41, 5.74) is 8.34. The Labute approximate surface area is 248 Å². The van der Waals surface area contributed by atoms with Gasteiger partial charge < -0.3 is 31.7 Å². The number of carbonyl (C=O) groups is 4. The maximum absolute atomic E-state index is 13.8. The summed E-state index contributed by atoms with van der Waals surface area (Å²) in [7, 11) is 1.56. The van der Waals surface area contributed by atoms with Crippen molar-refractivity contribution in [3.8, 4) is 5.75 Å². The van der Waals surface area contributed by atoms with Crippen molar-refractivity contribution in [2.24, 2.45) is 5.73 Å². The highest BCUT2D eigenvalue weighted by molar-refractivity contribution is 5.93. The summed E-state index contributed by atoms with van der Waals surface area (Å²) in [6, 6.07) is 11.9. The van der Waals surface area contributed by atoms with Crippen molar-refractivity contribution in [3.05, 3.63) is 65.2 Å². The molecule has 42 heavy (non-hydrogen) atoms. The number of nitrogens with one attached hydrogen (secondary N) is 3. The largest absolute Gasteiger partial charge is 0.508 e. The second-order valence-corrected chi connectivity index (χ2v) is 12.0. The number of nitrogens with two attached hydrogens (primary N) is 1. The molecule has 3 atom stereocenters. The molecule has 2 aromatic carbocycles. The molecule has 0 bridgehead atoms. The average molecular weight is 580 g/mol. The predicted molar refractivity (Wildman–Crippen MR) is 162 cm³/mol. The zero-order chi connectivity index (χ0) is 30.9. The maximum atomic E-state index is 13.8. The lowest BCUT2D eigenvalue weighted by molar-refractivity contribution is -0.141. The third-order valence-electron chi connectivity index (χ3n) is 7.55. The molecule has 3 rings (SSSR count). The zero-order valence-electron chi connectivity index (χ0n) is 25.1. The first-order valence-electron chi connectivity index (χ1n) is 14.6. The van der Waals surface area contributed by atoms with Gasteiger partial charge in [-0.3, -0.25) is 19.2 Å². The average Bonchev–Trinajstić information content (AvgIpc) is 2.94. The maximum Gasteiger partial charge on any atom is 0.243 e. The van der Waals surface area contributed by atoms with Crippen LogP contribution in [0.4, 0.5) is 0 Å². The van der Waals surface area contributed by atoms with Gasteiger partial charge in [-0.2, -0.15) is 0 Å². The Morgan fingerprint density at radius 2 is 1.71 bits per heavy atom. The molecule has 6 N–H and O–H groups in total. The summed E-state index contributed by atoms with van der Waals surface area (Å²) in [4.78, 5) is 54.0. The van der Waals surface area contributed by atoms with E-state index in [1.165, 1.54) is 4.90 Å². The van der Waals surface area contributed by atoms with Crippen LogP contribution in [0.15, 0.2) is 48.5 Å². The number of aromatic hydroxyl groups is 1. The van der Waals surface area contributed by atoms with E-state index in [4.69, 9.17) is 5.73 Å². The fourth-order valence-corrected chi connectivity index (χ4v) is 5.10. The van der Waals surface area contributed by atoms with Crippen LogP contribution in [0.5, 0.6) is 5.75 Å². The van der Waals surface area contributed by atoms with Crippen molar-refractivity contribution < 1.29 is 24.3 Å². The highest BCUT2D eigenvalue weighted by atomic mass is 16.3. The predicted octanol–water partition coefficient (Wildman–Crippen LogP) is 1.92. The number of likely N-dealkylation sites (N-methyl/N-ethyl adjacent to an activating group) is 1. The van der Waals surface area contributed by atoms with Crippen LogP contribution in [0.3, 0.4) is 0 Å². The Balaban J connectivity index is 1.86. The molecular formula is C32H45N5O5. The van der Waals surface area contributed by atoms with E-state index in [0.717, 1.165) is 16.7 Å². The van der Waals surface area contributed by atoms with E-state index in [1.807, 2.05) is 57.2 Å². The molecule has 0 saturated carbocycles. The van der Waals surface area contributed by atoms with Crippen LogP contribution in [0.25, 0.3) is 0 Å². The minimum absolute atomic E-state index is 0.121. The molecule has 10 nitrogen and oxygen atoms in total. The first-order valence-corrected chi connectivity index (χ1v) is 14.6. The molecule has 10 heteroatoms. The zero-order valence-corrected chi connectivity index (χ0v) is 25.1. The number of hydrogen-bond acceptors (Lipinski definition) is 6. The van der Waals surface area contributed by atoms with Gasteiger partial charge in [-0.1, -0.05) is 63.2 Å². The molecule has 0 spiro atoms.